The van der Waals surface area contributed by atoms with Gasteiger partial charge in [0.25, 0.3) is 0 Å². The summed E-state index contributed by atoms with van der Waals surface area (Å²) >= 11 is 0. The maximum Gasteiger partial charge on any atom is 0.0630 e. The third-order valence-electron chi connectivity index (χ3n) is 6.55. The topological polar surface area (TPSA) is 15.6 Å². The Morgan fingerprint density at radius 3 is 2.35 bits per heavy atom. The van der Waals surface area contributed by atoms with E-state index < -0.39 is 0 Å². The number of aryl methyl sites for hydroxylation is 1. The molecule has 3 aromatic rings. The van der Waals surface area contributed by atoms with Gasteiger partial charge in [0.1, 0.15) is 0 Å². The van der Waals surface area contributed by atoms with Crippen LogP contribution in [0.2, 0.25) is 0 Å². The van der Waals surface area contributed by atoms with E-state index in [-0.39, 0.29) is 5.54 Å². The predicted molar refractivity (Wildman–Crippen MR) is 135 cm³/mol. The minimum Gasteiger partial charge on any atom is -0.366 e. The van der Waals surface area contributed by atoms with E-state index in [9.17, 15) is 0 Å². The van der Waals surface area contributed by atoms with E-state index >= 15 is 0 Å². The van der Waals surface area contributed by atoms with Crippen molar-refractivity contribution in [1.29, 1.82) is 0 Å². The molecule has 2 heteroatoms. The highest BCUT2D eigenvalue weighted by Gasteiger charge is 2.36. The van der Waals surface area contributed by atoms with Crippen LogP contribution < -0.4 is 4.90 Å². The largest absolute Gasteiger partial charge is 0.366 e. The number of hydrogen-bond donors (Lipinski definition) is 0. The van der Waals surface area contributed by atoms with Crippen molar-refractivity contribution in [2.24, 2.45) is 4.99 Å². The Bertz CT molecular complexity index is 1060. The first-order valence-corrected chi connectivity index (χ1v) is 11.5. The van der Waals surface area contributed by atoms with Crippen LogP contribution in [0.25, 0.3) is 11.1 Å². The SMILES string of the molecule is CCCN1c2cc(C)c(C=Nc3ccc(-c4ccccc4)cc3)cc2C(C)CC1(C)C. The molecule has 1 aliphatic heterocycles. The van der Waals surface area contributed by atoms with Gasteiger partial charge in [0.2, 0.25) is 0 Å². The first-order chi connectivity index (χ1) is 14.9. The van der Waals surface area contributed by atoms with Crippen LogP contribution in [0.3, 0.4) is 0 Å². The van der Waals surface area contributed by atoms with Gasteiger partial charge in [0, 0.05) is 24.0 Å². The Kier molecular flexibility index (Phi) is 6.00. The molecule has 0 aromatic heterocycles. The monoisotopic (exact) mass is 410 g/mol. The summed E-state index contributed by atoms with van der Waals surface area (Å²) in [6, 6.07) is 23.7. The Balaban J connectivity index is 1.61. The first-order valence-electron chi connectivity index (χ1n) is 11.5. The molecule has 0 fully saturated rings. The van der Waals surface area contributed by atoms with E-state index in [0.717, 1.165) is 12.2 Å². The van der Waals surface area contributed by atoms with Crippen molar-refractivity contribution in [2.45, 2.75) is 58.9 Å². The average molecular weight is 411 g/mol. The zero-order valence-electron chi connectivity index (χ0n) is 19.5. The summed E-state index contributed by atoms with van der Waals surface area (Å²) in [5.74, 6) is 0.552. The fourth-order valence-corrected chi connectivity index (χ4v) is 4.95. The Labute approximate surface area is 187 Å². The van der Waals surface area contributed by atoms with Crippen molar-refractivity contribution in [3.05, 3.63) is 83.4 Å². The van der Waals surface area contributed by atoms with Crippen molar-refractivity contribution in [3.8, 4) is 11.1 Å². The molecular weight excluding hydrogens is 376 g/mol. The number of aliphatic imine (C=N–C) groups is 1. The summed E-state index contributed by atoms with van der Waals surface area (Å²) in [6.45, 7) is 12.7. The Hall–Kier alpha value is -2.87. The predicted octanol–water partition coefficient (Wildman–Crippen LogP) is 7.91. The van der Waals surface area contributed by atoms with Crippen LogP contribution in [0.4, 0.5) is 11.4 Å². The van der Waals surface area contributed by atoms with E-state index in [4.69, 9.17) is 4.99 Å². The lowest BCUT2D eigenvalue weighted by Gasteiger charge is -2.48. The van der Waals surface area contributed by atoms with Gasteiger partial charge in [0.15, 0.2) is 0 Å². The van der Waals surface area contributed by atoms with Crippen LogP contribution in [-0.2, 0) is 0 Å². The third-order valence-corrected chi connectivity index (χ3v) is 6.55. The molecule has 31 heavy (non-hydrogen) atoms. The van der Waals surface area contributed by atoms with Gasteiger partial charge in [-0.2, -0.15) is 0 Å². The van der Waals surface area contributed by atoms with Gasteiger partial charge in [0.05, 0.1) is 5.69 Å². The molecule has 160 valence electrons. The van der Waals surface area contributed by atoms with Crippen molar-refractivity contribution in [2.75, 3.05) is 11.4 Å². The van der Waals surface area contributed by atoms with Crippen molar-refractivity contribution in [3.63, 3.8) is 0 Å². The lowest BCUT2D eigenvalue weighted by Crippen LogP contribution is -2.48. The fraction of sp³-hybridized carbons (Fsp3) is 0.345. The van der Waals surface area contributed by atoms with Crippen molar-refractivity contribution >= 4 is 17.6 Å². The number of nitrogens with zero attached hydrogens (tertiary/aromatic N) is 2. The maximum atomic E-state index is 4.79. The van der Waals surface area contributed by atoms with E-state index in [1.807, 2.05) is 12.3 Å². The van der Waals surface area contributed by atoms with Crippen molar-refractivity contribution < 1.29 is 0 Å². The molecule has 0 saturated carbocycles. The van der Waals surface area contributed by atoms with Gasteiger partial charge in [-0.1, -0.05) is 56.3 Å². The van der Waals surface area contributed by atoms with Crippen LogP contribution in [0.5, 0.6) is 0 Å². The molecule has 1 unspecified atom stereocenters. The first kappa shape index (κ1) is 21.4. The maximum absolute atomic E-state index is 4.79. The Morgan fingerprint density at radius 1 is 1.00 bits per heavy atom. The highest BCUT2D eigenvalue weighted by molar-refractivity contribution is 5.86. The molecule has 4 rings (SSSR count). The lowest BCUT2D eigenvalue weighted by atomic mass is 9.79. The second-order valence-corrected chi connectivity index (χ2v) is 9.51. The van der Waals surface area contributed by atoms with Crippen molar-refractivity contribution in [1.82, 2.24) is 0 Å². The molecule has 0 radical (unpaired) electrons. The molecule has 0 spiro atoms. The van der Waals surface area contributed by atoms with E-state index in [0.29, 0.717) is 5.92 Å². The number of fused-ring (bicyclic) bond motifs is 1. The quantitative estimate of drug-likeness (QED) is 0.390. The summed E-state index contributed by atoms with van der Waals surface area (Å²) in [5.41, 5.74) is 9.01. The summed E-state index contributed by atoms with van der Waals surface area (Å²) in [5, 5.41) is 0. The van der Waals surface area contributed by atoms with Gasteiger partial charge in [-0.15, -0.1) is 0 Å². The summed E-state index contributed by atoms with van der Waals surface area (Å²) < 4.78 is 0. The molecule has 0 bridgehead atoms. The summed E-state index contributed by atoms with van der Waals surface area (Å²) in [4.78, 5) is 7.40. The van der Waals surface area contributed by atoms with Gasteiger partial charge in [-0.05, 0) is 91.6 Å². The average Bonchev–Trinajstić information content (AvgIpc) is 2.76. The Morgan fingerprint density at radius 2 is 1.68 bits per heavy atom. The normalized spacial score (nSPS) is 17.7. The standard InChI is InChI=1S/C29H34N2/c1-6-16-31-28-17-21(2)25(18-27(28)22(3)19-29(31,4)5)20-30-26-14-12-24(13-15-26)23-10-8-7-9-11-23/h7-15,17-18,20,22H,6,16,19H2,1-5H3. The van der Waals surface area contributed by atoms with E-state index in [1.54, 1.807) is 0 Å². The minimum absolute atomic E-state index is 0.199. The van der Waals surface area contributed by atoms with E-state index in [1.165, 1.54) is 46.3 Å². The molecule has 1 atom stereocenters. The second kappa shape index (κ2) is 8.70. The van der Waals surface area contributed by atoms with Gasteiger partial charge < -0.3 is 4.90 Å². The highest BCUT2D eigenvalue weighted by Crippen LogP contribution is 2.44. The van der Waals surface area contributed by atoms with Gasteiger partial charge in [-0.25, -0.2) is 0 Å². The van der Waals surface area contributed by atoms with Crippen LogP contribution in [0, 0.1) is 6.92 Å². The van der Waals surface area contributed by atoms with Gasteiger partial charge >= 0.3 is 0 Å². The highest BCUT2D eigenvalue weighted by atomic mass is 15.2. The molecule has 0 saturated heterocycles. The summed E-state index contributed by atoms with van der Waals surface area (Å²) in [6.07, 6.45) is 4.38. The molecule has 0 amide bonds. The minimum atomic E-state index is 0.199. The summed E-state index contributed by atoms with van der Waals surface area (Å²) in [7, 11) is 0. The fourth-order valence-electron chi connectivity index (χ4n) is 4.95. The molecule has 0 aliphatic carbocycles. The number of hydrogen-bond acceptors (Lipinski definition) is 2. The van der Waals surface area contributed by atoms with Crippen LogP contribution in [0.1, 0.15) is 63.1 Å². The zero-order valence-corrected chi connectivity index (χ0v) is 19.5. The zero-order chi connectivity index (χ0) is 22.0. The van der Waals surface area contributed by atoms with Crippen LogP contribution in [-0.4, -0.2) is 18.3 Å². The lowest BCUT2D eigenvalue weighted by molar-refractivity contribution is 0.376. The molecular formula is C29H34N2. The second-order valence-electron chi connectivity index (χ2n) is 9.51. The number of anilines is 1. The third kappa shape index (κ3) is 4.44. The van der Waals surface area contributed by atoms with Crippen LogP contribution in [0.15, 0.2) is 71.7 Å². The molecule has 0 N–H and O–H groups in total. The molecule has 1 aliphatic rings. The van der Waals surface area contributed by atoms with Crippen LogP contribution >= 0.6 is 0 Å². The van der Waals surface area contributed by atoms with Gasteiger partial charge in [-0.3, -0.25) is 4.99 Å². The molecule has 3 aromatic carbocycles. The smallest absolute Gasteiger partial charge is 0.0630 e. The molecule has 1 heterocycles. The van der Waals surface area contributed by atoms with E-state index in [2.05, 4.69) is 100 Å². The molecule has 2 nitrogen and oxygen atoms in total. The number of benzene rings is 3. The number of rotatable bonds is 5.